The topological polar surface area (TPSA) is 80.9 Å². The molecule has 4 rings (SSSR count). The Bertz CT molecular complexity index is 1160. The lowest BCUT2D eigenvalue weighted by atomic mass is 10.0. The molecule has 0 spiro atoms. The number of aromatic carboxylic acids is 1. The van der Waals surface area contributed by atoms with Gasteiger partial charge in [0.05, 0.1) is 17.4 Å². The molecule has 2 heterocycles. The molecule has 4 aromatic rings. The lowest BCUT2D eigenvalue weighted by Crippen LogP contribution is -2.05. The van der Waals surface area contributed by atoms with Crippen LogP contribution in [-0.4, -0.2) is 30.6 Å². The molecule has 0 amide bonds. The SMILES string of the molecule is CCCc1nc2cncnc2n1-c1cc(C(=O)O)cc(-c2ccc(C)cc2)c1. The second kappa shape index (κ2) is 7.23. The van der Waals surface area contributed by atoms with Gasteiger partial charge in [0.1, 0.15) is 17.7 Å². The number of benzene rings is 2. The number of hydrogen-bond acceptors (Lipinski definition) is 4. The third kappa shape index (κ3) is 3.24. The highest BCUT2D eigenvalue weighted by atomic mass is 16.4. The Hall–Kier alpha value is -3.54. The molecule has 0 atom stereocenters. The zero-order valence-corrected chi connectivity index (χ0v) is 15.8. The first kappa shape index (κ1) is 17.9. The predicted octanol–water partition coefficient (Wildman–Crippen LogP) is 4.44. The van der Waals surface area contributed by atoms with Crippen molar-refractivity contribution in [2.45, 2.75) is 26.7 Å². The predicted molar refractivity (Wildman–Crippen MR) is 108 cm³/mol. The second-order valence-corrected chi connectivity index (χ2v) is 6.78. The minimum atomic E-state index is -0.966. The summed E-state index contributed by atoms with van der Waals surface area (Å²) in [5, 5.41) is 9.66. The average molecular weight is 372 g/mol. The first-order valence-electron chi connectivity index (χ1n) is 9.20. The van der Waals surface area contributed by atoms with E-state index in [1.165, 1.54) is 6.33 Å². The van der Waals surface area contributed by atoms with Crippen molar-refractivity contribution < 1.29 is 9.90 Å². The molecule has 0 aliphatic rings. The molecule has 0 unspecified atom stereocenters. The fourth-order valence-corrected chi connectivity index (χ4v) is 3.32. The summed E-state index contributed by atoms with van der Waals surface area (Å²) < 4.78 is 1.94. The number of carboxylic acid groups (broad SMARTS) is 1. The Morgan fingerprint density at radius 1 is 1.11 bits per heavy atom. The molecule has 6 nitrogen and oxygen atoms in total. The average Bonchev–Trinajstić information content (AvgIpc) is 3.06. The first-order valence-corrected chi connectivity index (χ1v) is 9.20. The lowest BCUT2D eigenvalue weighted by molar-refractivity contribution is 0.0697. The number of carbonyl (C=O) groups is 1. The van der Waals surface area contributed by atoms with E-state index in [0.717, 1.165) is 41.0 Å². The van der Waals surface area contributed by atoms with Crippen molar-refractivity contribution in [3.63, 3.8) is 0 Å². The Kier molecular flexibility index (Phi) is 4.61. The highest BCUT2D eigenvalue weighted by Crippen LogP contribution is 2.28. The van der Waals surface area contributed by atoms with Crippen LogP contribution in [0, 0.1) is 6.92 Å². The number of imidazole rings is 1. The third-order valence-electron chi connectivity index (χ3n) is 4.67. The van der Waals surface area contributed by atoms with Gasteiger partial charge in [-0.05, 0) is 42.7 Å². The summed E-state index contributed by atoms with van der Waals surface area (Å²) in [7, 11) is 0. The second-order valence-electron chi connectivity index (χ2n) is 6.78. The maximum atomic E-state index is 11.8. The van der Waals surface area contributed by atoms with Crippen LogP contribution >= 0.6 is 0 Å². The van der Waals surface area contributed by atoms with Gasteiger partial charge in [-0.1, -0.05) is 36.8 Å². The number of aryl methyl sites for hydroxylation is 2. The Labute approximate surface area is 162 Å². The molecule has 140 valence electrons. The largest absolute Gasteiger partial charge is 0.478 e. The Morgan fingerprint density at radius 3 is 2.61 bits per heavy atom. The molecule has 1 N–H and O–H groups in total. The van der Waals surface area contributed by atoms with Crippen LogP contribution in [0.5, 0.6) is 0 Å². The monoisotopic (exact) mass is 372 g/mol. The van der Waals surface area contributed by atoms with Crippen molar-refractivity contribution in [3.8, 4) is 16.8 Å². The van der Waals surface area contributed by atoms with Crippen molar-refractivity contribution in [3.05, 3.63) is 71.9 Å². The summed E-state index contributed by atoms with van der Waals surface area (Å²) in [5.41, 5.74) is 5.30. The van der Waals surface area contributed by atoms with Crippen LogP contribution in [0.3, 0.4) is 0 Å². The van der Waals surface area contributed by atoms with Gasteiger partial charge in [-0.3, -0.25) is 4.57 Å². The number of aromatic nitrogens is 4. The summed E-state index contributed by atoms with van der Waals surface area (Å²) in [6.07, 6.45) is 4.84. The van der Waals surface area contributed by atoms with Gasteiger partial charge in [0, 0.05) is 6.42 Å². The lowest BCUT2D eigenvalue weighted by Gasteiger charge is -2.12. The van der Waals surface area contributed by atoms with Gasteiger partial charge in [0.2, 0.25) is 0 Å². The molecular weight excluding hydrogens is 352 g/mol. The van der Waals surface area contributed by atoms with Gasteiger partial charge in [0.15, 0.2) is 5.65 Å². The van der Waals surface area contributed by atoms with E-state index in [2.05, 4.69) is 21.9 Å². The molecule has 2 aromatic heterocycles. The first-order chi connectivity index (χ1) is 13.6. The van der Waals surface area contributed by atoms with Gasteiger partial charge in [-0.25, -0.2) is 19.7 Å². The van der Waals surface area contributed by atoms with Crippen LogP contribution in [0.15, 0.2) is 55.0 Å². The minimum Gasteiger partial charge on any atom is -0.478 e. The van der Waals surface area contributed by atoms with Crippen molar-refractivity contribution in [1.29, 1.82) is 0 Å². The number of carboxylic acids is 1. The van der Waals surface area contributed by atoms with Crippen molar-refractivity contribution in [2.24, 2.45) is 0 Å². The number of hydrogen-bond donors (Lipinski definition) is 1. The molecular formula is C22H20N4O2. The summed E-state index contributed by atoms with van der Waals surface area (Å²) >= 11 is 0. The van der Waals surface area contributed by atoms with Gasteiger partial charge >= 0.3 is 5.97 Å². The van der Waals surface area contributed by atoms with E-state index in [0.29, 0.717) is 11.2 Å². The molecule has 0 bridgehead atoms. The fourth-order valence-electron chi connectivity index (χ4n) is 3.32. The maximum absolute atomic E-state index is 11.8. The van der Waals surface area contributed by atoms with E-state index in [4.69, 9.17) is 0 Å². The molecule has 0 aliphatic carbocycles. The zero-order chi connectivity index (χ0) is 19.7. The van der Waals surface area contributed by atoms with Crippen LogP contribution in [0.1, 0.15) is 35.1 Å². The molecule has 6 heteroatoms. The Balaban J connectivity index is 1.97. The maximum Gasteiger partial charge on any atom is 0.335 e. The normalized spacial score (nSPS) is 11.1. The van der Waals surface area contributed by atoms with Gasteiger partial charge in [-0.2, -0.15) is 0 Å². The van der Waals surface area contributed by atoms with E-state index in [-0.39, 0.29) is 5.56 Å². The molecule has 0 saturated carbocycles. The van der Waals surface area contributed by atoms with E-state index < -0.39 is 5.97 Å². The summed E-state index contributed by atoms with van der Waals surface area (Å²) in [4.78, 5) is 24.9. The number of fused-ring (bicyclic) bond motifs is 1. The molecule has 0 aliphatic heterocycles. The molecule has 0 saturated heterocycles. The Morgan fingerprint density at radius 2 is 1.89 bits per heavy atom. The highest BCUT2D eigenvalue weighted by molar-refractivity contribution is 5.91. The molecule has 2 aromatic carbocycles. The van der Waals surface area contributed by atoms with Crippen LogP contribution in [-0.2, 0) is 6.42 Å². The van der Waals surface area contributed by atoms with Crippen LogP contribution in [0.2, 0.25) is 0 Å². The van der Waals surface area contributed by atoms with E-state index in [9.17, 15) is 9.90 Å². The van der Waals surface area contributed by atoms with Crippen LogP contribution < -0.4 is 0 Å². The quantitative estimate of drug-likeness (QED) is 0.560. The number of rotatable bonds is 5. The van der Waals surface area contributed by atoms with E-state index in [1.807, 2.05) is 41.8 Å². The van der Waals surface area contributed by atoms with Crippen molar-refractivity contribution in [2.75, 3.05) is 0 Å². The smallest absolute Gasteiger partial charge is 0.335 e. The fraction of sp³-hybridized carbons (Fsp3) is 0.182. The van der Waals surface area contributed by atoms with E-state index in [1.54, 1.807) is 18.3 Å². The van der Waals surface area contributed by atoms with Gasteiger partial charge in [0.25, 0.3) is 0 Å². The van der Waals surface area contributed by atoms with Crippen molar-refractivity contribution in [1.82, 2.24) is 19.5 Å². The molecule has 28 heavy (non-hydrogen) atoms. The van der Waals surface area contributed by atoms with Crippen LogP contribution in [0.4, 0.5) is 0 Å². The van der Waals surface area contributed by atoms with Gasteiger partial charge < -0.3 is 5.11 Å². The van der Waals surface area contributed by atoms with Gasteiger partial charge in [-0.15, -0.1) is 0 Å². The molecule has 0 radical (unpaired) electrons. The van der Waals surface area contributed by atoms with E-state index >= 15 is 0 Å². The summed E-state index contributed by atoms with van der Waals surface area (Å²) in [6.45, 7) is 4.11. The standard InChI is InChI=1S/C22H20N4O2/c1-3-4-20-25-19-12-23-13-24-21(19)26(20)18-10-16(9-17(11-18)22(27)28)15-7-5-14(2)6-8-15/h5-13H,3-4H2,1-2H3,(H,27,28). The molecule has 0 fully saturated rings. The van der Waals surface area contributed by atoms with Crippen LogP contribution in [0.25, 0.3) is 28.0 Å². The number of nitrogens with zero attached hydrogens (tertiary/aromatic N) is 4. The minimum absolute atomic E-state index is 0.228. The highest BCUT2D eigenvalue weighted by Gasteiger charge is 2.16. The summed E-state index contributed by atoms with van der Waals surface area (Å²) in [5.74, 6) is -0.123. The zero-order valence-electron chi connectivity index (χ0n) is 15.8. The van der Waals surface area contributed by atoms with Crippen molar-refractivity contribution >= 4 is 17.1 Å². The summed E-state index contributed by atoms with van der Waals surface area (Å²) in [6, 6.07) is 13.4. The third-order valence-corrected chi connectivity index (χ3v) is 4.67.